The Labute approximate surface area is 80.9 Å². The molecule has 0 aromatic carbocycles. The standard InChI is InChI=1S/C9H11NO2S/c1-2-4-8(7-10(11)12)9-5-3-6-13-9/h2-6,8H,7H2,1H3/b4-2+/t8-/m0/s1. The molecule has 4 heteroatoms. The van der Waals surface area contributed by atoms with Gasteiger partial charge in [-0.3, -0.25) is 10.1 Å². The highest BCUT2D eigenvalue weighted by molar-refractivity contribution is 7.10. The Morgan fingerprint density at radius 2 is 2.54 bits per heavy atom. The maximum atomic E-state index is 10.4. The molecule has 0 aliphatic carbocycles. The van der Waals surface area contributed by atoms with Gasteiger partial charge in [-0.1, -0.05) is 18.2 Å². The third kappa shape index (κ3) is 2.99. The molecular weight excluding hydrogens is 186 g/mol. The third-order valence-corrected chi connectivity index (χ3v) is 2.68. The van der Waals surface area contributed by atoms with Crippen LogP contribution in [0.15, 0.2) is 29.7 Å². The van der Waals surface area contributed by atoms with Gasteiger partial charge in [0.15, 0.2) is 0 Å². The molecule has 3 nitrogen and oxygen atoms in total. The monoisotopic (exact) mass is 197 g/mol. The van der Waals surface area contributed by atoms with Crippen LogP contribution in [0.2, 0.25) is 0 Å². The van der Waals surface area contributed by atoms with Crippen LogP contribution in [0.25, 0.3) is 0 Å². The van der Waals surface area contributed by atoms with Gasteiger partial charge in [-0.2, -0.15) is 0 Å². The Hall–Kier alpha value is -1.16. The zero-order valence-electron chi connectivity index (χ0n) is 7.34. The summed E-state index contributed by atoms with van der Waals surface area (Å²) in [4.78, 5) is 11.1. The van der Waals surface area contributed by atoms with E-state index in [1.165, 1.54) is 0 Å². The van der Waals surface area contributed by atoms with E-state index in [1.54, 1.807) is 11.3 Å². The first-order chi connectivity index (χ1) is 6.24. The Morgan fingerprint density at radius 3 is 3.00 bits per heavy atom. The van der Waals surface area contributed by atoms with Gasteiger partial charge in [-0.05, 0) is 18.4 Å². The summed E-state index contributed by atoms with van der Waals surface area (Å²) in [5, 5.41) is 12.3. The lowest BCUT2D eigenvalue weighted by atomic mass is 10.1. The summed E-state index contributed by atoms with van der Waals surface area (Å²) in [7, 11) is 0. The number of hydrogen-bond acceptors (Lipinski definition) is 3. The van der Waals surface area contributed by atoms with Crippen LogP contribution < -0.4 is 0 Å². The zero-order valence-corrected chi connectivity index (χ0v) is 8.16. The predicted octanol–water partition coefficient (Wildman–Crippen LogP) is 2.68. The van der Waals surface area contributed by atoms with Gasteiger partial charge in [-0.15, -0.1) is 11.3 Å². The number of thiophene rings is 1. The molecule has 1 aromatic heterocycles. The van der Waals surface area contributed by atoms with Crippen molar-refractivity contribution in [1.29, 1.82) is 0 Å². The summed E-state index contributed by atoms with van der Waals surface area (Å²) in [6, 6.07) is 3.84. The highest BCUT2D eigenvalue weighted by atomic mass is 32.1. The molecule has 1 heterocycles. The van der Waals surface area contributed by atoms with Gasteiger partial charge in [0.2, 0.25) is 6.54 Å². The molecule has 1 aromatic rings. The molecule has 0 amide bonds. The molecule has 0 aliphatic heterocycles. The van der Waals surface area contributed by atoms with E-state index in [1.807, 2.05) is 36.6 Å². The van der Waals surface area contributed by atoms with Gasteiger partial charge in [0.05, 0.1) is 5.92 Å². The van der Waals surface area contributed by atoms with Gasteiger partial charge in [-0.25, -0.2) is 0 Å². The van der Waals surface area contributed by atoms with Gasteiger partial charge < -0.3 is 0 Å². The quantitative estimate of drug-likeness (QED) is 0.423. The topological polar surface area (TPSA) is 43.1 Å². The molecule has 1 rings (SSSR count). The van der Waals surface area contributed by atoms with Crippen LogP contribution in [0.1, 0.15) is 17.7 Å². The van der Waals surface area contributed by atoms with Crippen molar-refractivity contribution >= 4 is 11.3 Å². The Morgan fingerprint density at radius 1 is 1.77 bits per heavy atom. The Balaban J connectivity index is 2.74. The number of allylic oxidation sites excluding steroid dienone is 1. The summed E-state index contributed by atoms with van der Waals surface area (Å²) in [5.74, 6) is -0.0694. The van der Waals surface area contributed by atoms with Crippen LogP contribution >= 0.6 is 11.3 Å². The number of nitrogens with zero attached hydrogens (tertiary/aromatic N) is 1. The minimum absolute atomic E-state index is 0.0230. The van der Waals surface area contributed by atoms with E-state index in [9.17, 15) is 10.1 Å². The van der Waals surface area contributed by atoms with Crippen molar-refractivity contribution in [3.8, 4) is 0 Å². The number of nitro groups is 1. The van der Waals surface area contributed by atoms with E-state index in [4.69, 9.17) is 0 Å². The molecule has 0 radical (unpaired) electrons. The van der Waals surface area contributed by atoms with Crippen molar-refractivity contribution in [3.05, 3.63) is 44.7 Å². The minimum atomic E-state index is -0.273. The van der Waals surface area contributed by atoms with Crippen molar-refractivity contribution in [3.63, 3.8) is 0 Å². The van der Waals surface area contributed by atoms with E-state index < -0.39 is 0 Å². The van der Waals surface area contributed by atoms with E-state index in [0.717, 1.165) is 4.88 Å². The lowest BCUT2D eigenvalue weighted by Crippen LogP contribution is -2.09. The lowest BCUT2D eigenvalue weighted by Gasteiger charge is -2.03. The fourth-order valence-electron chi connectivity index (χ4n) is 1.14. The first-order valence-corrected chi connectivity index (χ1v) is 4.90. The Bertz CT molecular complexity index is 293. The smallest absolute Gasteiger partial charge is 0.214 e. The lowest BCUT2D eigenvalue weighted by molar-refractivity contribution is -0.481. The predicted molar refractivity (Wildman–Crippen MR) is 53.7 cm³/mol. The molecule has 0 bridgehead atoms. The van der Waals surface area contributed by atoms with Crippen molar-refractivity contribution in [1.82, 2.24) is 0 Å². The van der Waals surface area contributed by atoms with Crippen molar-refractivity contribution in [2.24, 2.45) is 0 Å². The minimum Gasteiger partial charge on any atom is -0.265 e. The average molecular weight is 197 g/mol. The van der Waals surface area contributed by atoms with Gasteiger partial charge in [0.25, 0.3) is 0 Å². The zero-order chi connectivity index (χ0) is 9.68. The van der Waals surface area contributed by atoms with Crippen LogP contribution in [0.5, 0.6) is 0 Å². The maximum Gasteiger partial charge on any atom is 0.214 e. The molecule has 0 fully saturated rings. The summed E-state index contributed by atoms with van der Waals surface area (Å²) < 4.78 is 0. The number of hydrogen-bond donors (Lipinski definition) is 0. The van der Waals surface area contributed by atoms with Crippen LogP contribution in [0.4, 0.5) is 0 Å². The van der Waals surface area contributed by atoms with E-state index in [0.29, 0.717) is 0 Å². The summed E-state index contributed by atoms with van der Waals surface area (Å²) in [5.41, 5.74) is 0. The van der Waals surface area contributed by atoms with Gasteiger partial charge in [0, 0.05) is 9.80 Å². The number of rotatable bonds is 4. The normalized spacial score (nSPS) is 13.3. The van der Waals surface area contributed by atoms with E-state index in [2.05, 4.69) is 0 Å². The molecule has 0 aliphatic rings. The second-order valence-corrected chi connectivity index (χ2v) is 3.64. The van der Waals surface area contributed by atoms with Crippen molar-refractivity contribution < 1.29 is 4.92 Å². The Kier molecular flexibility index (Phi) is 3.64. The third-order valence-electron chi connectivity index (χ3n) is 1.68. The van der Waals surface area contributed by atoms with Crippen molar-refractivity contribution in [2.45, 2.75) is 12.8 Å². The highest BCUT2D eigenvalue weighted by Gasteiger charge is 2.14. The fourth-order valence-corrected chi connectivity index (χ4v) is 1.94. The first kappa shape index (κ1) is 9.92. The summed E-state index contributed by atoms with van der Waals surface area (Å²) >= 11 is 1.56. The average Bonchev–Trinajstić information content (AvgIpc) is 2.54. The maximum absolute atomic E-state index is 10.4. The van der Waals surface area contributed by atoms with Gasteiger partial charge >= 0.3 is 0 Å². The second kappa shape index (κ2) is 4.77. The van der Waals surface area contributed by atoms with E-state index in [-0.39, 0.29) is 17.4 Å². The summed E-state index contributed by atoms with van der Waals surface area (Å²) in [6.07, 6.45) is 3.72. The van der Waals surface area contributed by atoms with Crippen molar-refractivity contribution in [2.75, 3.05) is 6.54 Å². The molecule has 0 spiro atoms. The molecule has 1 atom stereocenters. The van der Waals surface area contributed by atoms with E-state index >= 15 is 0 Å². The van der Waals surface area contributed by atoms with Gasteiger partial charge in [0.1, 0.15) is 0 Å². The molecule has 0 N–H and O–H groups in total. The van der Waals surface area contributed by atoms with Crippen LogP contribution in [-0.4, -0.2) is 11.5 Å². The van der Waals surface area contributed by atoms with Crippen LogP contribution in [-0.2, 0) is 0 Å². The fraction of sp³-hybridized carbons (Fsp3) is 0.333. The second-order valence-electron chi connectivity index (χ2n) is 2.66. The molecular formula is C9H11NO2S. The summed E-state index contributed by atoms with van der Waals surface area (Å²) in [6.45, 7) is 1.85. The largest absolute Gasteiger partial charge is 0.265 e. The first-order valence-electron chi connectivity index (χ1n) is 4.02. The van der Waals surface area contributed by atoms with Crippen LogP contribution in [0.3, 0.4) is 0 Å². The molecule has 0 saturated carbocycles. The molecule has 0 unspecified atom stereocenters. The molecule has 70 valence electrons. The molecule has 13 heavy (non-hydrogen) atoms. The SMILES string of the molecule is C/C=C/[C@@H](C[N+](=O)[O-])c1cccs1. The highest BCUT2D eigenvalue weighted by Crippen LogP contribution is 2.22. The molecule has 0 saturated heterocycles. The van der Waals surface area contributed by atoms with Crippen LogP contribution in [0, 0.1) is 10.1 Å².